The number of hydrogen-bond acceptors (Lipinski definition) is 4. The van der Waals surface area contributed by atoms with Crippen LogP contribution >= 0.6 is 0 Å². The van der Waals surface area contributed by atoms with E-state index in [2.05, 4.69) is 30.9 Å². The highest BCUT2D eigenvalue weighted by Gasteiger charge is 2.18. The number of aryl methyl sites for hydroxylation is 1. The second-order valence-electron chi connectivity index (χ2n) is 7.87. The quantitative estimate of drug-likeness (QED) is 0.679. The van der Waals surface area contributed by atoms with Crippen LogP contribution in [0.2, 0.25) is 0 Å². The van der Waals surface area contributed by atoms with E-state index in [1.54, 1.807) is 11.9 Å². The third kappa shape index (κ3) is 4.42. The number of carbonyl (C=O) groups excluding carboxylic acids is 1. The molecule has 3 rings (SSSR count). The van der Waals surface area contributed by atoms with Gasteiger partial charge in [-0.2, -0.15) is 4.98 Å². The molecule has 5 nitrogen and oxygen atoms in total. The first-order valence-corrected chi connectivity index (χ1v) is 8.99. The van der Waals surface area contributed by atoms with E-state index in [9.17, 15) is 4.79 Å². The Hall–Kier alpha value is -2.95. The first-order chi connectivity index (χ1) is 12.7. The lowest BCUT2D eigenvalue weighted by Crippen LogP contribution is -2.26. The molecule has 0 saturated carbocycles. The fourth-order valence-electron chi connectivity index (χ4n) is 2.83. The molecule has 0 saturated heterocycles. The first kappa shape index (κ1) is 18.8. The number of hydrogen-bond donors (Lipinski definition) is 0. The SMILES string of the molecule is Cc1cccc(-c2noc(CN(C)C(=O)c3ccc(C(C)(C)C)cc3)n2)c1. The van der Waals surface area contributed by atoms with Gasteiger partial charge in [0.05, 0.1) is 6.54 Å². The molecule has 3 aromatic rings. The highest BCUT2D eigenvalue weighted by atomic mass is 16.5. The van der Waals surface area contributed by atoms with Crippen molar-refractivity contribution in [2.45, 2.75) is 39.7 Å². The Kier molecular flexibility index (Phi) is 5.13. The van der Waals surface area contributed by atoms with Gasteiger partial charge >= 0.3 is 0 Å². The molecule has 1 aromatic heterocycles. The lowest BCUT2D eigenvalue weighted by molar-refractivity contribution is 0.0769. The molecule has 0 bridgehead atoms. The van der Waals surface area contributed by atoms with Crippen LogP contribution < -0.4 is 0 Å². The van der Waals surface area contributed by atoms with Gasteiger partial charge < -0.3 is 9.42 Å². The van der Waals surface area contributed by atoms with E-state index in [0.29, 0.717) is 17.3 Å². The van der Waals surface area contributed by atoms with Gasteiger partial charge in [-0.15, -0.1) is 0 Å². The van der Waals surface area contributed by atoms with Crippen molar-refractivity contribution in [3.63, 3.8) is 0 Å². The van der Waals surface area contributed by atoms with Gasteiger partial charge in [0.2, 0.25) is 11.7 Å². The molecule has 0 fully saturated rings. The summed E-state index contributed by atoms with van der Waals surface area (Å²) in [7, 11) is 1.73. The predicted molar refractivity (Wildman–Crippen MR) is 105 cm³/mol. The predicted octanol–water partition coefficient (Wildman–Crippen LogP) is 4.61. The Labute approximate surface area is 160 Å². The molecule has 27 heavy (non-hydrogen) atoms. The van der Waals surface area contributed by atoms with Crippen LogP contribution in [0, 0.1) is 6.92 Å². The van der Waals surface area contributed by atoms with Crippen LogP contribution in [0.4, 0.5) is 0 Å². The van der Waals surface area contributed by atoms with Gasteiger partial charge in [0.15, 0.2) is 0 Å². The molecule has 0 aliphatic rings. The monoisotopic (exact) mass is 363 g/mol. The molecule has 1 heterocycles. The van der Waals surface area contributed by atoms with Crippen LogP contribution in [0.15, 0.2) is 53.1 Å². The van der Waals surface area contributed by atoms with Crippen molar-refractivity contribution in [1.82, 2.24) is 15.0 Å². The zero-order chi connectivity index (χ0) is 19.6. The van der Waals surface area contributed by atoms with Crippen molar-refractivity contribution in [1.29, 1.82) is 0 Å². The smallest absolute Gasteiger partial charge is 0.254 e. The van der Waals surface area contributed by atoms with E-state index in [1.807, 2.05) is 55.5 Å². The summed E-state index contributed by atoms with van der Waals surface area (Å²) in [5.74, 6) is 0.864. The maximum atomic E-state index is 12.7. The second kappa shape index (κ2) is 7.35. The van der Waals surface area contributed by atoms with Gasteiger partial charge in [0, 0.05) is 18.2 Å². The van der Waals surface area contributed by atoms with Crippen molar-refractivity contribution in [2.75, 3.05) is 7.05 Å². The highest BCUT2D eigenvalue weighted by molar-refractivity contribution is 5.94. The van der Waals surface area contributed by atoms with Gasteiger partial charge in [0.1, 0.15) is 0 Å². The summed E-state index contributed by atoms with van der Waals surface area (Å²) in [4.78, 5) is 18.7. The minimum atomic E-state index is -0.0780. The largest absolute Gasteiger partial charge is 0.337 e. The van der Waals surface area contributed by atoms with Gasteiger partial charge in [-0.3, -0.25) is 4.79 Å². The lowest BCUT2D eigenvalue weighted by Gasteiger charge is -2.20. The molecule has 0 atom stereocenters. The summed E-state index contributed by atoms with van der Waals surface area (Å²) in [6.07, 6.45) is 0. The summed E-state index contributed by atoms with van der Waals surface area (Å²) in [6, 6.07) is 15.6. The third-order valence-corrected chi connectivity index (χ3v) is 4.46. The summed E-state index contributed by atoms with van der Waals surface area (Å²) in [6.45, 7) is 8.73. The summed E-state index contributed by atoms with van der Waals surface area (Å²) >= 11 is 0. The topological polar surface area (TPSA) is 59.2 Å². The average Bonchev–Trinajstić information content (AvgIpc) is 3.09. The van der Waals surface area contributed by atoms with E-state index < -0.39 is 0 Å². The number of rotatable bonds is 4. The summed E-state index contributed by atoms with van der Waals surface area (Å²) in [5.41, 5.74) is 3.93. The molecule has 0 radical (unpaired) electrons. The first-order valence-electron chi connectivity index (χ1n) is 8.99. The van der Waals surface area contributed by atoms with Gasteiger partial charge in [-0.1, -0.05) is 61.8 Å². The van der Waals surface area contributed by atoms with Crippen LogP contribution in [-0.2, 0) is 12.0 Å². The van der Waals surface area contributed by atoms with E-state index in [-0.39, 0.29) is 17.9 Å². The fraction of sp³-hybridized carbons (Fsp3) is 0.318. The molecular weight excluding hydrogens is 338 g/mol. The summed E-state index contributed by atoms with van der Waals surface area (Å²) < 4.78 is 5.32. The van der Waals surface area contributed by atoms with E-state index >= 15 is 0 Å². The Balaban J connectivity index is 1.70. The van der Waals surface area contributed by atoms with Crippen LogP contribution in [0.3, 0.4) is 0 Å². The Morgan fingerprint density at radius 1 is 1.11 bits per heavy atom. The van der Waals surface area contributed by atoms with Crippen molar-refractivity contribution in [2.24, 2.45) is 0 Å². The van der Waals surface area contributed by atoms with E-state index in [1.165, 1.54) is 5.56 Å². The normalized spacial score (nSPS) is 11.4. The van der Waals surface area contributed by atoms with Crippen LogP contribution in [-0.4, -0.2) is 28.0 Å². The molecule has 5 heteroatoms. The molecule has 0 N–H and O–H groups in total. The van der Waals surface area contributed by atoms with Crippen LogP contribution in [0.1, 0.15) is 48.1 Å². The number of aromatic nitrogens is 2. The molecule has 2 aromatic carbocycles. The Morgan fingerprint density at radius 3 is 2.44 bits per heavy atom. The minimum Gasteiger partial charge on any atom is -0.337 e. The van der Waals surface area contributed by atoms with Gasteiger partial charge in [0.25, 0.3) is 5.91 Å². The average molecular weight is 363 g/mol. The molecule has 0 spiro atoms. The molecule has 0 aliphatic carbocycles. The maximum Gasteiger partial charge on any atom is 0.254 e. The van der Waals surface area contributed by atoms with E-state index in [0.717, 1.165) is 11.1 Å². The molecular formula is C22H25N3O2. The molecule has 0 aliphatic heterocycles. The van der Waals surface area contributed by atoms with Crippen molar-refractivity contribution in [3.8, 4) is 11.4 Å². The second-order valence-corrected chi connectivity index (χ2v) is 7.87. The number of nitrogens with zero attached hydrogens (tertiary/aromatic N) is 3. The van der Waals surface area contributed by atoms with Crippen LogP contribution in [0.5, 0.6) is 0 Å². The fourth-order valence-corrected chi connectivity index (χ4v) is 2.83. The number of amides is 1. The third-order valence-electron chi connectivity index (χ3n) is 4.46. The highest BCUT2D eigenvalue weighted by Crippen LogP contribution is 2.23. The zero-order valence-corrected chi connectivity index (χ0v) is 16.5. The molecule has 0 unspecified atom stereocenters. The van der Waals surface area contributed by atoms with Gasteiger partial charge in [-0.25, -0.2) is 0 Å². The van der Waals surface area contributed by atoms with Crippen LogP contribution in [0.25, 0.3) is 11.4 Å². The van der Waals surface area contributed by atoms with Crippen molar-refractivity contribution >= 4 is 5.91 Å². The van der Waals surface area contributed by atoms with Gasteiger partial charge in [-0.05, 0) is 36.1 Å². The summed E-state index contributed by atoms with van der Waals surface area (Å²) in [5, 5.41) is 4.03. The maximum absolute atomic E-state index is 12.7. The molecule has 140 valence electrons. The van der Waals surface area contributed by atoms with Crippen molar-refractivity contribution < 1.29 is 9.32 Å². The number of benzene rings is 2. The Bertz CT molecular complexity index is 937. The Morgan fingerprint density at radius 2 is 1.81 bits per heavy atom. The zero-order valence-electron chi connectivity index (χ0n) is 16.5. The van der Waals surface area contributed by atoms with Crippen molar-refractivity contribution in [3.05, 3.63) is 71.1 Å². The standard InChI is InChI=1S/C22H25N3O2/c1-15-7-6-8-17(13-15)20-23-19(27-24-20)14-25(5)21(26)16-9-11-18(12-10-16)22(2,3)4/h6-13H,14H2,1-5H3. The molecule has 1 amide bonds. The van der Waals surface area contributed by atoms with E-state index in [4.69, 9.17) is 4.52 Å². The minimum absolute atomic E-state index is 0.0590. The number of carbonyl (C=O) groups is 1. The lowest BCUT2D eigenvalue weighted by atomic mass is 9.86.